The van der Waals surface area contributed by atoms with Gasteiger partial charge in [-0.1, -0.05) is 17.7 Å². The summed E-state index contributed by atoms with van der Waals surface area (Å²) in [6.07, 6.45) is 4.54. The van der Waals surface area contributed by atoms with E-state index in [-0.39, 0.29) is 30.6 Å². The van der Waals surface area contributed by atoms with Crippen molar-refractivity contribution in [3.05, 3.63) is 59.7 Å². The summed E-state index contributed by atoms with van der Waals surface area (Å²) < 4.78 is 30.7. The van der Waals surface area contributed by atoms with E-state index in [9.17, 15) is 19.1 Å². The Kier molecular flexibility index (Phi) is 11.7. The molecule has 3 N–H and O–H groups in total. The number of carbonyl (C=O) groups excluding carboxylic acids is 2. The van der Waals surface area contributed by atoms with Gasteiger partial charge < -0.3 is 30.0 Å². The van der Waals surface area contributed by atoms with Crippen LogP contribution in [0.5, 0.6) is 5.75 Å². The number of rotatable bonds is 13. The first-order chi connectivity index (χ1) is 21.4. The number of carbonyl (C=O) groups is 2. The van der Waals surface area contributed by atoms with Crippen LogP contribution in [0.3, 0.4) is 0 Å². The monoisotopic (exact) mass is 643 g/mol. The molecule has 3 aromatic rings. The maximum atomic E-state index is 13.7. The molecule has 45 heavy (non-hydrogen) atoms. The summed E-state index contributed by atoms with van der Waals surface area (Å²) in [5, 5.41) is 16.5. The highest BCUT2D eigenvalue weighted by Crippen LogP contribution is 2.34. The van der Waals surface area contributed by atoms with E-state index in [0.717, 1.165) is 6.42 Å². The molecular weight excluding hydrogens is 605 g/mol. The van der Waals surface area contributed by atoms with Crippen molar-refractivity contribution in [1.29, 1.82) is 0 Å². The van der Waals surface area contributed by atoms with E-state index in [1.807, 2.05) is 0 Å². The molecule has 0 saturated carbocycles. The Morgan fingerprint density at radius 3 is 2.76 bits per heavy atom. The fraction of sp³-hybridized carbons (Fsp3) is 0.438. The van der Waals surface area contributed by atoms with Gasteiger partial charge in [0, 0.05) is 48.8 Å². The second-order valence-corrected chi connectivity index (χ2v) is 12.3. The number of amides is 1. The Labute approximate surface area is 266 Å². The molecule has 1 aliphatic rings. The minimum Gasteiger partial charge on any atom is -0.491 e. The summed E-state index contributed by atoms with van der Waals surface area (Å²) >= 11 is 5.96. The van der Waals surface area contributed by atoms with Gasteiger partial charge in [0.05, 0.1) is 42.1 Å². The number of anilines is 3. The van der Waals surface area contributed by atoms with Crippen molar-refractivity contribution in [2.24, 2.45) is 5.92 Å². The van der Waals surface area contributed by atoms with E-state index in [2.05, 4.69) is 20.6 Å². The average Bonchev–Trinajstić information content (AvgIpc) is 3.46. The molecular formula is C32H39ClFN5O6. The number of benzene rings is 2. The first-order valence-corrected chi connectivity index (χ1v) is 15.0. The quantitative estimate of drug-likeness (QED) is 0.171. The van der Waals surface area contributed by atoms with E-state index in [0.29, 0.717) is 53.7 Å². The van der Waals surface area contributed by atoms with Gasteiger partial charge in [0.2, 0.25) is 5.91 Å². The third kappa shape index (κ3) is 10.6. The fourth-order valence-electron chi connectivity index (χ4n) is 4.65. The molecule has 2 aromatic carbocycles. The lowest BCUT2D eigenvalue weighted by Crippen LogP contribution is -2.38. The highest BCUT2D eigenvalue weighted by molar-refractivity contribution is 6.31. The summed E-state index contributed by atoms with van der Waals surface area (Å²) in [5.74, 6) is -0.344. The van der Waals surface area contributed by atoms with E-state index < -0.39 is 29.4 Å². The molecule has 1 aromatic heterocycles. The van der Waals surface area contributed by atoms with Gasteiger partial charge in [-0.05, 0) is 58.4 Å². The topological polar surface area (TPSA) is 135 Å². The van der Waals surface area contributed by atoms with Crippen LogP contribution in [0.2, 0.25) is 5.02 Å². The number of esters is 1. The Morgan fingerprint density at radius 2 is 2.07 bits per heavy atom. The van der Waals surface area contributed by atoms with Gasteiger partial charge in [-0.3, -0.25) is 14.5 Å². The van der Waals surface area contributed by atoms with E-state index in [1.54, 1.807) is 50.8 Å². The van der Waals surface area contributed by atoms with Crippen molar-refractivity contribution in [3.63, 3.8) is 0 Å². The van der Waals surface area contributed by atoms with E-state index >= 15 is 0 Å². The predicted molar refractivity (Wildman–Crippen MR) is 170 cm³/mol. The van der Waals surface area contributed by atoms with Crippen LogP contribution in [-0.4, -0.2) is 83.0 Å². The van der Waals surface area contributed by atoms with Gasteiger partial charge in [0.25, 0.3) is 0 Å². The van der Waals surface area contributed by atoms with Gasteiger partial charge in [0.1, 0.15) is 29.3 Å². The highest BCUT2D eigenvalue weighted by atomic mass is 35.5. The maximum absolute atomic E-state index is 13.7. The number of aliphatic hydroxyl groups excluding tert-OH is 1. The number of nitrogens with zero attached hydrogens (tertiary/aromatic N) is 3. The molecule has 1 unspecified atom stereocenters. The van der Waals surface area contributed by atoms with E-state index in [1.165, 1.54) is 30.6 Å². The van der Waals surface area contributed by atoms with Gasteiger partial charge >= 0.3 is 5.97 Å². The average molecular weight is 644 g/mol. The number of nitrogens with one attached hydrogen (secondary N) is 2. The van der Waals surface area contributed by atoms with Crippen molar-refractivity contribution in [3.8, 4) is 5.75 Å². The third-order valence-electron chi connectivity index (χ3n) is 6.60. The number of halogens is 2. The lowest BCUT2D eigenvalue weighted by atomic mass is 10.1. The van der Waals surface area contributed by atoms with Crippen LogP contribution in [-0.2, 0) is 19.1 Å². The highest BCUT2D eigenvalue weighted by Gasteiger charge is 2.21. The molecule has 0 radical (unpaired) electrons. The van der Waals surface area contributed by atoms with Gasteiger partial charge in [-0.25, -0.2) is 14.4 Å². The summed E-state index contributed by atoms with van der Waals surface area (Å²) in [7, 11) is 0. The largest absolute Gasteiger partial charge is 0.491 e. The second-order valence-electron chi connectivity index (χ2n) is 11.9. The van der Waals surface area contributed by atoms with Crippen LogP contribution >= 0.6 is 11.6 Å². The number of aromatic nitrogens is 2. The third-order valence-corrected chi connectivity index (χ3v) is 6.89. The zero-order valence-corrected chi connectivity index (χ0v) is 26.6. The normalized spacial score (nSPS) is 15.9. The summed E-state index contributed by atoms with van der Waals surface area (Å²) in [6, 6.07) is 7.66. The Balaban J connectivity index is 1.54. The van der Waals surface area contributed by atoms with Gasteiger partial charge in [0.15, 0.2) is 0 Å². The molecule has 1 amide bonds. The van der Waals surface area contributed by atoms with E-state index in [4.69, 9.17) is 25.8 Å². The van der Waals surface area contributed by atoms with Crippen molar-refractivity contribution in [1.82, 2.24) is 14.9 Å². The smallest absolute Gasteiger partial charge is 0.320 e. The van der Waals surface area contributed by atoms with Crippen LogP contribution in [0.4, 0.5) is 21.6 Å². The van der Waals surface area contributed by atoms with Crippen LogP contribution in [0.1, 0.15) is 34.1 Å². The molecule has 242 valence electrons. The molecule has 0 spiro atoms. The standard InChI is InChI=1S/C32H39ClFN5O6/c1-20(40)15-39(16-30(42)45-32(2,3)4)10-5-6-29(41)38-27-13-23-26(14-28(27)44-18-21-9-11-43-17-21)35-19-36-31(23)37-22-7-8-25(34)24(33)12-22/h5-8,12-14,19-21,40H,9-11,15-18H2,1-4H3,(H,38,41)(H,35,36,37)/t20-,21?/m1/s1. The number of hydrogen-bond acceptors (Lipinski definition) is 10. The molecule has 13 heteroatoms. The minimum absolute atomic E-state index is 0.0391. The molecule has 1 fully saturated rings. The van der Waals surface area contributed by atoms with Crippen molar-refractivity contribution >= 4 is 51.6 Å². The molecule has 1 aliphatic heterocycles. The number of fused-ring (bicyclic) bond motifs is 1. The van der Waals surface area contributed by atoms with Crippen LogP contribution in [0.15, 0.2) is 48.8 Å². The maximum Gasteiger partial charge on any atom is 0.320 e. The van der Waals surface area contributed by atoms with Crippen molar-refractivity contribution in [2.75, 3.05) is 50.1 Å². The zero-order chi connectivity index (χ0) is 32.6. The number of ether oxygens (including phenoxy) is 3. The molecule has 2 atom stereocenters. The minimum atomic E-state index is -0.687. The molecule has 0 bridgehead atoms. The first-order valence-electron chi connectivity index (χ1n) is 14.7. The first kappa shape index (κ1) is 34.0. The number of aliphatic hydroxyl groups is 1. The van der Waals surface area contributed by atoms with Gasteiger partial charge in [-0.2, -0.15) is 0 Å². The lowest BCUT2D eigenvalue weighted by Gasteiger charge is -2.25. The van der Waals surface area contributed by atoms with Crippen molar-refractivity contribution < 1.29 is 33.3 Å². The summed E-state index contributed by atoms with van der Waals surface area (Å²) in [5.41, 5.74) is 0.827. The molecule has 4 rings (SSSR count). The van der Waals surface area contributed by atoms with Crippen molar-refractivity contribution in [2.45, 2.75) is 45.8 Å². The molecule has 2 heterocycles. The number of hydrogen-bond donors (Lipinski definition) is 3. The van der Waals surface area contributed by atoms with Crippen LogP contribution < -0.4 is 15.4 Å². The Hall–Kier alpha value is -3.84. The predicted octanol–water partition coefficient (Wildman–Crippen LogP) is 5.10. The summed E-state index contributed by atoms with van der Waals surface area (Å²) in [6.45, 7) is 9.03. The lowest BCUT2D eigenvalue weighted by molar-refractivity contribution is -0.156. The Bertz CT molecular complexity index is 1520. The Morgan fingerprint density at radius 1 is 1.27 bits per heavy atom. The van der Waals surface area contributed by atoms with Crippen LogP contribution in [0.25, 0.3) is 10.9 Å². The fourth-order valence-corrected chi connectivity index (χ4v) is 4.83. The second kappa shape index (κ2) is 15.4. The SMILES string of the molecule is C[C@@H](O)CN(CC=CC(=O)Nc1cc2c(Nc3ccc(F)c(Cl)c3)ncnc2cc1OCC1CCOC1)CC(=O)OC(C)(C)C. The van der Waals surface area contributed by atoms with Crippen LogP contribution in [0, 0.1) is 11.7 Å². The molecule has 0 aliphatic carbocycles. The molecule has 1 saturated heterocycles. The van der Waals surface area contributed by atoms with Gasteiger partial charge in [-0.15, -0.1) is 0 Å². The zero-order valence-electron chi connectivity index (χ0n) is 25.8. The summed E-state index contributed by atoms with van der Waals surface area (Å²) in [4.78, 5) is 35.9. The molecule has 11 nitrogen and oxygen atoms in total.